The maximum atomic E-state index is 11.9. The molecule has 0 saturated carbocycles. The van der Waals surface area contributed by atoms with E-state index < -0.39 is 21.2 Å². The maximum absolute atomic E-state index is 11.9. The molecule has 3 N–H and O–H groups in total. The molecule has 0 radical (unpaired) electrons. The molecule has 6 heteroatoms. The summed E-state index contributed by atoms with van der Waals surface area (Å²) in [6.07, 6.45) is 2.34. The predicted octanol–water partition coefficient (Wildman–Crippen LogP) is 1.50. The molecule has 2 unspecified atom stereocenters. The van der Waals surface area contributed by atoms with Crippen LogP contribution in [0.3, 0.4) is 0 Å². The van der Waals surface area contributed by atoms with Crippen molar-refractivity contribution in [2.45, 2.75) is 45.1 Å². The van der Waals surface area contributed by atoms with Crippen LogP contribution in [-0.2, 0) is 19.3 Å². The van der Waals surface area contributed by atoms with Crippen molar-refractivity contribution in [2.24, 2.45) is 5.73 Å². The van der Waals surface area contributed by atoms with Gasteiger partial charge in [0.25, 0.3) is 0 Å². The fourth-order valence-electron chi connectivity index (χ4n) is 1.45. The van der Waals surface area contributed by atoms with Gasteiger partial charge >= 0.3 is 5.97 Å². The molecule has 0 rings (SSSR count). The first kappa shape index (κ1) is 16.4. The Morgan fingerprint density at radius 2 is 2.00 bits per heavy atom. The Balaban J connectivity index is 4.47. The van der Waals surface area contributed by atoms with Crippen LogP contribution in [0.5, 0.6) is 0 Å². The van der Waals surface area contributed by atoms with Crippen molar-refractivity contribution in [3.63, 3.8) is 0 Å². The number of esters is 1. The highest BCUT2D eigenvalue weighted by molar-refractivity contribution is 7.92. The molecule has 0 aromatic heterocycles. The summed E-state index contributed by atoms with van der Waals surface area (Å²) >= 11 is 0. The van der Waals surface area contributed by atoms with Gasteiger partial charge in [0.1, 0.15) is 5.54 Å². The zero-order valence-electron chi connectivity index (χ0n) is 11.0. The predicted molar refractivity (Wildman–Crippen MR) is 69.3 cm³/mol. The number of ether oxygens (including phenoxy) is 1. The van der Waals surface area contributed by atoms with E-state index in [1.54, 1.807) is 6.92 Å². The lowest BCUT2D eigenvalue weighted by Crippen LogP contribution is -2.49. The highest BCUT2D eigenvalue weighted by atomic mass is 32.2. The van der Waals surface area contributed by atoms with E-state index in [0.717, 1.165) is 12.8 Å². The number of rotatable bonds is 8. The molecule has 0 heterocycles. The SMILES string of the molecule is CCCCS(=N)(=O)CCC(N)(CC)C(=O)OC. The van der Waals surface area contributed by atoms with E-state index in [-0.39, 0.29) is 12.2 Å². The van der Waals surface area contributed by atoms with Gasteiger partial charge in [-0.2, -0.15) is 0 Å². The van der Waals surface area contributed by atoms with Crippen LogP contribution in [0.4, 0.5) is 0 Å². The minimum Gasteiger partial charge on any atom is -0.468 e. The van der Waals surface area contributed by atoms with Gasteiger partial charge in [-0.1, -0.05) is 20.3 Å². The van der Waals surface area contributed by atoms with Gasteiger partial charge < -0.3 is 10.5 Å². The fraction of sp³-hybridized carbons (Fsp3) is 0.909. The minimum atomic E-state index is -2.62. The number of carbonyl (C=O) groups is 1. The van der Waals surface area contributed by atoms with Crippen LogP contribution in [0, 0.1) is 4.78 Å². The first-order valence-electron chi connectivity index (χ1n) is 5.92. The summed E-state index contributed by atoms with van der Waals surface area (Å²) in [6.45, 7) is 3.78. The van der Waals surface area contributed by atoms with E-state index in [9.17, 15) is 9.00 Å². The standard InChI is InChI=1S/C11H24N2O3S/c1-4-6-8-17(13,15)9-7-11(12,5-2)10(14)16-3/h13H,4-9,12H2,1-3H3. The Bertz CT molecular complexity index is 341. The number of methoxy groups -OCH3 is 1. The summed E-state index contributed by atoms with van der Waals surface area (Å²) in [6, 6.07) is 0. The number of nitrogens with two attached hydrogens (primary N) is 1. The second kappa shape index (κ2) is 6.96. The molecule has 0 bridgehead atoms. The van der Waals surface area contributed by atoms with Crippen LogP contribution in [0.15, 0.2) is 0 Å². The number of carbonyl (C=O) groups excluding carboxylic acids is 1. The third-order valence-electron chi connectivity index (χ3n) is 2.93. The molecule has 0 aliphatic heterocycles. The quantitative estimate of drug-likeness (QED) is 0.650. The second-order valence-corrected chi connectivity index (χ2v) is 6.77. The first-order chi connectivity index (χ1) is 7.81. The van der Waals surface area contributed by atoms with Crippen molar-refractivity contribution in [1.29, 1.82) is 4.78 Å². The number of unbranched alkanes of at least 4 members (excludes halogenated alkanes) is 1. The maximum Gasteiger partial charge on any atom is 0.325 e. The lowest BCUT2D eigenvalue weighted by atomic mass is 9.94. The van der Waals surface area contributed by atoms with Gasteiger partial charge in [0.2, 0.25) is 0 Å². The van der Waals surface area contributed by atoms with Crippen LogP contribution in [0.25, 0.3) is 0 Å². The lowest BCUT2D eigenvalue weighted by molar-refractivity contribution is -0.147. The molecule has 0 aromatic carbocycles. The molecule has 5 nitrogen and oxygen atoms in total. The van der Waals surface area contributed by atoms with E-state index in [1.165, 1.54) is 7.11 Å². The summed E-state index contributed by atoms with van der Waals surface area (Å²) in [5, 5.41) is 0. The summed E-state index contributed by atoms with van der Waals surface area (Å²) in [5.74, 6) is 0.0439. The zero-order chi connectivity index (χ0) is 13.5. The summed E-state index contributed by atoms with van der Waals surface area (Å²) in [7, 11) is -1.33. The average molecular weight is 264 g/mol. The van der Waals surface area contributed by atoms with Crippen molar-refractivity contribution >= 4 is 15.7 Å². The molecule has 0 fully saturated rings. The van der Waals surface area contributed by atoms with Crippen LogP contribution < -0.4 is 5.73 Å². The van der Waals surface area contributed by atoms with Gasteiger partial charge in [0.05, 0.1) is 7.11 Å². The highest BCUT2D eigenvalue weighted by Gasteiger charge is 2.33. The van der Waals surface area contributed by atoms with Gasteiger partial charge in [-0.05, 0) is 19.3 Å². The molecule has 0 aromatic rings. The van der Waals surface area contributed by atoms with Gasteiger partial charge in [-0.25, -0.2) is 4.21 Å². The third kappa shape index (κ3) is 5.50. The van der Waals surface area contributed by atoms with Crippen molar-refractivity contribution in [3.8, 4) is 0 Å². The van der Waals surface area contributed by atoms with Gasteiger partial charge in [-0.3, -0.25) is 9.57 Å². The molecule has 102 valence electrons. The van der Waals surface area contributed by atoms with Gasteiger partial charge in [-0.15, -0.1) is 0 Å². The van der Waals surface area contributed by atoms with Crippen LogP contribution >= 0.6 is 0 Å². The minimum absolute atomic E-state index is 0.159. The average Bonchev–Trinajstić information content (AvgIpc) is 2.32. The highest BCUT2D eigenvalue weighted by Crippen LogP contribution is 2.16. The summed E-state index contributed by atoms with van der Waals surface area (Å²) < 4.78 is 24.2. The molecular formula is C11H24N2O3S. The van der Waals surface area contributed by atoms with Gasteiger partial charge in [0.15, 0.2) is 0 Å². The lowest BCUT2D eigenvalue weighted by Gasteiger charge is -2.25. The van der Waals surface area contributed by atoms with Crippen LogP contribution in [-0.4, -0.2) is 34.3 Å². The van der Waals surface area contributed by atoms with E-state index in [4.69, 9.17) is 10.5 Å². The Hall–Kier alpha value is -0.620. The van der Waals surface area contributed by atoms with E-state index >= 15 is 0 Å². The largest absolute Gasteiger partial charge is 0.468 e. The third-order valence-corrected chi connectivity index (χ3v) is 4.74. The molecule has 0 aliphatic rings. The normalized spacial score (nSPS) is 18.1. The Kier molecular flexibility index (Phi) is 6.70. The second-order valence-electron chi connectivity index (χ2n) is 4.32. The van der Waals surface area contributed by atoms with Crippen LogP contribution in [0.1, 0.15) is 39.5 Å². The summed E-state index contributed by atoms with van der Waals surface area (Å²) in [4.78, 5) is 11.5. The number of hydrogen-bond donors (Lipinski definition) is 2. The fourth-order valence-corrected chi connectivity index (χ4v) is 3.11. The van der Waals surface area contributed by atoms with Crippen molar-refractivity contribution in [3.05, 3.63) is 0 Å². The Morgan fingerprint density at radius 1 is 1.41 bits per heavy atom. The van der Waals surface area contributed by atoms with E-state index in [1.807, 2.05) is 6.92 Å². The number of hydrogen-bond acceptors (Lipinski definition) is 5. The summed E-state index contributed by atoms with van der Waals surface area (Å²) in [5.41, 5.74) is 4.80. The molecule has 0 saturated heterocycles. The Morgan fingerprint density at radius 3 is 2.41 bits per heavy atom. The smallest absolute Gasteiger partial charge is 0.325 e. The molecule has 2 atom stereocenters. The van der Waals surface area contributed by atoms with Crippen LogP contribution in [0.2, 0.25) is 0 Å². The molecule has 0 spiro atoms. The first-order valence-corrected chi connectivity index (χ1v) is 7.82. The molecular weight excluding hydrogens is 240 g/mol. The monoisotopic (exact) mass is 264 g/mol. The van der Waals surface area contributed by atoms with Crippen molar-refractivity contribution < 1.29 is 13.7 Å². The van der Waals surface area contributed by atoms with Gasteiger partial charge in [0, 0.05) is 21.2 Å². The van der Waals surface area contributed by atoms with Crippen molar-refractivity contribution in [2.75, 3.05) is 18.6 Å². The Labute approximate surface area is 104 Å². The van der Waals surface area contributed by atoms with Crippen molar-refractivity contribution in [1.82, 2.24) is 0 Å². The molecule has 0 aliphatic carbocycles. The molecule has 0 amide bonds. The molecule has 17 heavy (non-hydrogen) atoms. The van der Waals surface area contributed by atoms with E-state index in [0.29, 0.717) is 12.2 Å². The number of nitrogens with one attached hydrogen (secondary N) is 1. The van der Waals surface area contributed by atoms with E-state index in [2.05, 4.69) is 4.74 Å². The topological polar surface area (TPSA) is 93.2 Å². The zero-order valence-corrected chi connectivity index (χ0v) is 11.8.